The van der Waals surface area contributed by atoms with Crippen LogP contribution >= 0.6 is 0 Å². The molecule has 5 nitrogen and oxygen atoms in total. The van der Waals surface area contributed by atoms with Gasteiger partial charge in [0, 0.05) is 6.54 Å². The highest BCUT2D eigenvalue weighted by atomic mass is 16.4. The van der Waals surface area contributed by atoms with Crippen LogP contribution in [0, 0.1) is 0 Å². The molecule has 1 aromatic heterocycles. The Hall–Kier alpha value is -1.49. The van der Waals surface area contributed by atoms with Crippen molar-refractivity contribution in [3.05, 3.63) is 24.2 Å². The molecule has 0 aliphatic rings. The predicted octanol–water partition coefficient (Wildman–Crippen LogP) is 1.97. The van der Waals surface area contributed by atoms with Crippen molar-refractivity contribution in [2.45, 2.75) is 45.1 Å². The molecule has 4 N–H and O–H groups in total. The maximum absolute atomic E-state index is 10.2. The largest absolute Gasteiger partial charge is 0.466 e. The van der Waals surface area contributed by atoms with E-state index >= 15 is 0 Å². The van der Waals surface area contributed by atoms with E-state index in [1.54, 1.807) is 19.1 Å². The van der Waals surface area contributed by atoms with Gasteiger partial charge in [-0.3, -0.25) is 0 Å². The summed E-state index contributed by atoms with van der Waals surface area (Å²) in [6, 6.07) is 3.47. The predicted molar refractivity (Wildman–Crippen MR) is 76.9 cm³/mol. The van der Waals surface area contributed by atoms with Crippen molar-refractivity contribution in [2.75, 3.05) is 13.1 Å². The van der Waals surface area contributed by atoms with Crippen LogP contribution in [0.3, 0.4) is 0 Å². The summed E-state index contributed by atoms with van der Waals surface area (Å²) in [6.45, 7) is 4.83. The minimum Gasteiger partial charge on any atom is -0.466 e. The van der Waals surface area contributed by atoms with Crippen LogP contribution in [-0.4, -0.2) is 24.2 Å². The molecule has 0 radical (unpaired) electrons. The molecular formula is C14H25N3O2. The van der Waals surface area contributed by atoms with E-state index in [-0.39, 0.29) is 6.54 Å². The highest BCUT2D eigenvalue weighted by Crippen LogP contribution is 2.20. The average Bonchev–Trinajstić information content (AvgIpc) is 2.91. The summed E-state index contributed by atoms with van der Waals surface area (Å²) in [7, 11) is 0. The van der Waals surface area contributed by atoms with Crippen molar-refractivity contribution in [3.63, 3.8) is 0 Å². The van der Waals surface area contributed by atoms with Gasteiger partial charge in [-0.25, -0.2) is 4.99 Å². The van der Waals surface area contributed by atoms with Crippen LogP contribution in [0.15, 0.2) is 27.8 Å². The lowest BCUT2D eigenvalue weighted by Gasteiger charge is -2.18. The van der Waals surface area contributed by atoms with E-state index in [2.05, 4.69) is 17.2 Å². The molecule has 1 atom stereocenters. The van der Waals surface area contributed by atoms with E-state index in [0.29, 0.717) is 11.7 Å². The number of guanidine groups is 1. The normalized spacial score (nSPS) is 15.2. The molecule has 0 aliphatic carbocycles. The molecule has 0 saturated carbocycles. The Labute approximate surface area is 114 Å². The number of nitrogens with two attached hydrogens (primary N) is 1. The molecule has 0 bridgehead atoms. The van der Waals surface area contributed by atoms with Gasteiger partial charge in [-0.15, -0.1) is 0 Å². The first-order valence-electron chi connectivity index (χ1n) is 6.86. The van der Waals surface area contributed by atoms with Gasteiger partial charge in [-0.1, -0.05) is 26.2 Å². The van der Waals surface area contributed by atoms with Crippen molar-refractivity contribution >= 4 is 5.96 Å². The molecule has 0 aromatic carbocycles. The van der Waals surface area contributed by atoms with Gasteiger partial charge < -0.3 is 20.6 Å². The molecule has 0 aliphatic heterocycles. The second-order valence-corrected chi connectivity index (χ2v) is 4.94. The van der Waals surface area contributed by atoms with Crippen molar-refractivity contribution in [1.82, 2.24) is 5.32 Å². The van der Waals surface area contributed by atoms with Gasteiger partial charge in [0.15, 0.2) is 5.96 Å². The molecule has 19 heavy (non-hydrogen) atoms. The summed E-state index contributed by atoms with van der Waals surface area (Å²) in [5, 5.41) is 13.2. The molecule has 108 valence electrons. The average molecular weight is 267 g/mol. The third-order valence-corrected chi connectivity index (χ3v) is 2.95. The fourth-order valence-electron chi connectivity index (χ4n) is 1.73. The van der Waals surface area contributed by atoms with Crippen molar-refractivity contribution in [3.8, 4) is 0 Å². The second-order valence-electron chi connectivity index (χ2n) is 4.94. The van der Waals surface area contributed by atoms with Crippen LogP contribution < -0.4 is 11.1 Å². The molecule has 1 heterocycles. The molecule has 1 rings (SSSR count). The third kappa shape index (κ3) is 5.79. The van der Waals surface area contributed by atoms with Crippen LogP contribution in [0.1, 0.15) is 45.3 Å². The molecule has 5 heteroatoms. The number of unbranched alkanes of at least 4 members (excludes halogenated alkanes) is 3. The lowest BCUT2D eigenvalue weighted by Crippen LogP contribution is -2.34. The summed E-state index contributed by atoms with van der Waals surface area (Å²) < 4.78 is 5.18. The van der Waals surface area contributed by atoms with E-state index in [1.807, 2.05) is 0 Å². The molecule has 0 amide bonds. The smallest absolute Gasteiger partial charge is 0.188 e. The maximum atomic E-state index is 10.2. The number of nitrogens with one attached hydrogen (secondary N) is 1. The van der Waals surface area contributed by atoms with Gasteiger partial charge >= 0.3 is 0 Å². The Morgan fingerprint density at radius 3 is 2.89 bits per heavy atom. The molecule has 0 fully saturated rings. The highest BCUT2D eigenvalue weighted by Gasteiger charge is 2.25. The summed E-state index contributed by atoms with van der Waals surface area (Å²) in [5.41, 5.74) is 4.62. The van der Waals surface area contributed by atoms with Crippen LogP contribution in [0.2, 0.25) is 0 Å². The van der Waals surface area contributed by atoms with E-state index in [0.717, 1.165) is 13.0 Å². The number of aliphatic hydroxyl groups is 1. The first-order chi connectivity index (χ1) is 9.06. The maximum Gasteiger partial charge on any atom is 0.188 e. The number of rotatable bonds is 8. The monoisotopic (exact) mass is 267 g/mol. The zero-order chi connectivity index (χ0) is 14.1. The quantitative estimate of drug-likeness (QED) is 0.382. The van der Waals surface area contributed by atoms with Crippen LogP contribution in [0.4, 0.5) is 0 Å². The highest BCUT2D eigenvalue weighted by molar-refractivity contribution is 5.77. The number of furan rings is 1. The van der Waals surface area contributed by atoms with Gasteiger partial charge in [0.05, 0.1) is 12.8 Å². The number of nitrogens with zero attached hydrogens (tertiary/aromatic N) is 1. The summed E-state index contributed by atoms with van der Waals surface area (Å²) >= 11 is 0. The fourth-order valence-corrected chi connectivity index (χ4v) is 1.73. The van der Waals surface area contributed by atoms with Gasteiger partial charge in [0.1, 0.15) is 11.4 Å². The Balaban J connectivity index is 2.31. The van der Waals surface area contributed by atoms with Gasteiger partial charge in [-0.05, 0) is 25.5 Å². The van der Waals surface area contributed by atoms with E-state index in [4.69, 9.17) is 10.2 Å². The SMILES string of the molecule is CCCCCCNC(N)=NCC(C)(O)c1ccco1. The minimum atomic E-state index is -1.13. The summed E-state index contributed by atoms with van der Waals surface area (Å²) in [6.07, 6.45) is 6.27. The molecular weight excluding hydrogens is 242 g/mol. The molecule has 1 unspecified atom stereocenters. The van der Waals surface area contributed by atoms with E-state index in [9.17, 15) is 5.11 Å². The van der Waals surface area contributed by atoms with Crippen LogP contribution in [0.5, 0.6) is 0 Å². The first-order valence-corrected chi connectivity index (χ1v) is 6.86. The van der Waals surface area contributed by atoms with Crippen LogP contribution in [-0.2, 0) is 5.60 Å². The fraction of sp³-hybridized carbons (Fsp3) is 0.643. The van der Waals surface area contributed by atoms with Gasteiger partial charge in [0.2, 0.25) is 0 Å². The van der Waals surface area contributed by atoms with Crippen molar-refractivity contribution in [2.24, 2.45) is 10.7 Å². The molecule has 0 spiro atoms. The van der Waals surface area contributed by atoms with E-state index in [1.165, 1.54) is 25.5 Å². The molecule has 1 aromatic rings. The zero-order valence-electron chi connectivity index (χ0n) is 11.9. The van der Waals surface area contributed by atoms with Gasteiger partial charge in [-0.2, -0.15) is 0 Å². The second kappa shape index (κ2) is 7.84. The summed E-state index contributed by atoms with van der Waals surface area (Å²) in [5.74, 6) is 0.857. The van der Waals surface area contributed by atoms with Crippen molar-refractivity contribution < 1.29 is 9.52 Å². The Morgan fingerprint density at radius 2 is 2.26 bits per heavy atom. The summed E-state index contributed by atoms with van der Waals surface area (Å²) in [4.78, 5) is 4.14. The Morgan fingerprint density at radius 1 is 1.47 bits per heavy atom. The number of hydrogen-bond acceptors (Lipinski definition) is 3. The lowest BCUT2D eigenvalue weighted by molar-refractivity contribution is 0.0437. The molecule has 0 saturated heterocycles. The number of hydrogen-bond donors (Lipinski definition) is 3. The van der Waals surface area contributed by atoms with E-state index < -0.39 is 5.60 Å². The van der Waals surface area contributed by atoms with Crippen molar-refractivity contribution in [1.29, 1.82) is 0 Å². The number of aliphatic imine (C=N–C) groups is 1. The van der Waals surface area contributed by atoms with Gasteiger partial charge in [0.25, 0.3) is 0 Å². The van der Waals surface area contributed by atoms with Crippen LogP contribution in [0.25, 0.3) is 0 Å². The Kier molecular flexibility index (Phi) is 6.42. The Bertz CT molecular complexity index is 372. The first kappa shape index (κ1) is 15.6. The zero-order valence-corrected chi connectivity index (χ0v) is 11.9. The third-order valence-electron chi connectivity index (χ3n) is 2.95. The lowest BCUT2D eigenvalue weighted by atomic mass is 10.0. The topological polar surface area (TPSA) is 83.8 Å². The standard InChI is InChI=1S/C14H25N3O2/c1-3-4-5-6-9-16-13(15)17-11-14(2,18)12-8-7-10-19-12/h7-8,10,18H,3-6,9,11H2,1-2H3,(H3,15,16,17). The minimum absolute atomic E-state index is 0.175.